The summed E-state index contributed by atoms with van der Waals surface area (Å²) in [6.45, 7) is 8.21. The van der Waals surface area contributed by atoms with Gasteiger partial charge in [-0.2, -0.15) is 0 Å². The van der Waals surface area contributed by atoms with Crippen LogP contribution in [0, 0.1) is 5.92 Å². The van der Waals surface area contributed by atoms with Crippen LogP contribution in [0.25, 0.3) is 0 Å². The molecule has 2 heterocycles. The summed E-state index contributed by atoms with van der Waals surface area (Å²) in [6, 6.07) is 9.85. The lowest BCUT2D eigenvalue weighted by Gasteiger charge is -2.39. The molecule has 0 bridgehead atoms. The van der Waals surface area contributed by atoms with E-state index in [0.717, 1.165) is 38.0 Å². The van der Waals surface area contributed by atoms with Crippen molar-refractivity contribution in [3.8, 4) is 0 Å². The van der Waals surface area contributed by atoms with E-state index in [1.165, 1.54) is 6.42 Å². The van der Waals surface area contributed by atoms with Gasteiger partial charge in [-0.3, -0.25) is 14.5 Å². The molecular formula is C22H36Cl2N4O2. The molecule has 30 heavy (non-hydrogen) atoms. The molecule has 2 N–H and O–H groups in total. The van der Waals surface area contributed by atoms with E-state index >= 15 is 0 Å². The molecule has 0 saturated carbocycles. The molecule has 1 aromatic rings. The number of nitrogens with zero attached hydrogens (tertiary/aromatic N) is 3. The normalized spacial score (nSPS) is 21.8. The number of hydrogen-bond donors (Lipinski definition) is 1. The van der Waals surface area contributed by atoms with Crippen molar-refractivity contribution in [2.24, 2.45) is 11.7 Å². The van der Waals surface area contributed by atoms with Crippen molar-refractivity contribution in [3.63, 3.8) is 0 Å². The third-order valence-corrected chi connectivity index (χ3v) is 6.28. The van der Waals surface area contributed by atoms with Gasteiger partial charge < -0.3 is 15.5 Å². The smallest absolute Gasteiger partial charge is 0.236 e. The van der Waals surface area contributed by atoms with E-state index < -0.39 is 0 Å². The zero-order valence-electron chi connectivity index (χ0n) is 18.0. The van der Waals surface area contributed by atoms with E-state index in [2.05, 4.69) is 11.8 Å². The fourth-order valence-electron chi connectivity index (χ4n) is 4.28. The van der Waals surface area contributed by atoms with Gasteiger partial charge in [0, 0.05) is 44.8 Å². The summed E-state index contributed by atoms with van der Waals surface area (Å²) in [5, 5.41) is 0. The number of benzene rings is 1. The van der Waals surface area contributed by atoms with Gasteiger partial charge in [0.15, 0.2) is 0 Å². The Balaban J connectivity index is 0.00000225. The fraction of sp³-hybridized carbons (Fsp3) is 0.636. The van der Waals surface area contributed by atoms with Crippen LogP contribution in [-0.2, 0) is 9.59 Å². The minimum Gasteiger partial charge on any atom is -0.340 e. The zero-order chi connectivity index (χ0) is 20.1. The van der Waals surface area contributed by atoms with E-state index in [-0.39, 0.29) is 48.6 Å². The molecule has 3 unspecified atom stereocenters. The molecular weight excluding hydrogens is 423 g/mol. The third kappa shape index (κ3) is 6.58. The maximum Gasteiger partial charge on any atom is 0.236 e. The fourth-order valence-corrected chi connectivity index (χ4v) is 4.28. The number of carbonyl (C=O) groups is 2. The number of piperazine rings is 1. The van der Waals surface area contributed by atoms with Gasteiger partial charge in [0.05, 0.1) is 12.5 Å². The van der Waals surface area contributed by atoms with Crippen molar-refractivity contribution in [1.82, 2.24) is 14.7 Å². The van der Waals surface area contributed by atoms with Gasteiger partial charge in [0.2, 0.25) is 11.8 Å². The van der Waals surface area contributed by atoms with Gasteiger partial charge >= 0.3 is 0 Å². The predicted molar refractivity (Wildman–Crippen MR) is 125 cm³/mol. The summed E-state index contributed by atoms with van der Waals surface area (Å²) in [4.78, 5) is 31.6. The first-order valence-corrected chi connectivity index (χ1v) is 10.6. The third-order valence-electron chi connectivity index (χ3n) is 6.28. The minimum absolute atomic E-state index is 0. The molecule has 170 valence electrons. The summed E-state index contributed by atoms with van der Waals surface area (Å²) in [7, 11) is 0. The molecule has 2 aliphatic heterocycles. The lowest BCUT2D eigenvalue weighted by atomic mass is 9.94. The Labute approximate surface area is 193 Å². The highest BCUT2D eigenvalue weighted by atomic mass is 35.5. The molecule has 8 heteroatoms. The van der Waals surface area contributed by atoms with Crippen molar-refractivity contribution >= 4 is 36.6 Å². The average molecular weight is 459 g/mol. The second-order valence-corrected chi connectivity index (χ2v) is 8.26. The SMILES string of the molecule is CC(C(=O)N1CCN(CC(=O)N2CCCCC2C)CC1)C(N)c1ccccc1.Cl.Cl. The van der Waals surface area contributed by atoms with Crippen LogP contribution in [0.4, 0.5) is 0 Å². The molecule has 0 aromatic heterocycles. The Morgan fingerprint density at radius 1 is 1.03 bits per heavy atom. The molecule has 1 aromatic carbocycles. The quantitative estimate of drug-likeness (QED) is 0.735. The lowest BCUT2D eigenvalue weighted by molar-refractivity contribution is -0.139. The van der Waals surface area contributed by atoms with Gasteiger partial charge in [-0.15, -0.1) is 24.8 Å². The summed E-state index contributed by atoms with van der Waals surface area (Å²) >= 11 is 0. The number of halogens is 2. The van der Waals surface area contributed by atoms with Gasteiger partial charge in [-0.25, -0.2) is 0 Å². The van der Waals surface area contributed by atoms with Crippen molar-refractivity contribution in [3.05, 3.63) is 35.9 Å². The van der Waals surface area contributed by atoms with Crippen molar-refractivity contribution < 1.29 is 9.59 Å². The summed E-state index contributed by atoms with van der Waals surface area (Å²) in [6.07, 6.45) is 3.43. The molecule has 0 radical (unpaired) electrons. The minimum atomic E-state index is -0.297. The maximum atomic E-state index is 12.9. The van der Waals surface area contributed by atoms with Crippen molar-refractivity contribution in [2.75, 3.05) is 39.3 Å². The number of carbonyl (C=O) groups excluding carboxylic acids is 2. The van der Waals surface area contributed by atoms with E-state index in [4.69, 9.17) is 5.73 Å². The van der Waals surface area contributed by atoms with Gasteiger partial charge in [-0.1, -0.05) is 37.3 Å². The Morgan fingerprint density at radius 2 is 1.67 bits per heavy atom. The first-order valence-electron chi connectivity index (χ1n) is 10.6. The van der Waals surface area contributed by atoms with E-state index in [9.17, 15) is 9.59 Å². The Kier molecular flexibility index (Phi) is 11.1. The average Bonchev–Trinajstić information content (AvgIpc) is 2.73. The molecule has 0 aliphatic carbocycles. The highest BCUT2D eigenvalue weighted by Gasteiger charge is 2.30. The lowest BCUT2D eigenvalue weighted by Crippen LogP contribution is -2.54. The van der Waals surface area contributed by atoms with Crippen LogP contribution in [0.15, 0.2) is 30.3 Å². The number of hydrogen-bond acceptors (Lipinski definition) is 4. The van der Waals surface area contributed by atoms with Crippen LogP contribution < -0.4 is 5.73 Å². The molecule has 6 nitrogen and oxygen atoms in total. The van der Waals surface area contributed by atoms with Gasteiger partial charge in [0.1, 0.15) is 0 Å². The van der Waals surface area contributed by atoms with Crippen LogP contribution in [0.5, 0.6) is 0 Å². The molecule has 2 fully saturated rings. The van der Waals surface area contributed by atoms with Crippen LogP contribution >= 0.6 is 24.8 Å². The second kappa shape index (κ2) is 12.5. The number of amides is 2. The maximum absolute atomic E-state index is 12.9. The van der Waals surface area contributed by atoms with Crippen LogP contribution in [0.2, 0.25) is 0 Å². The monoisotopic (exact) mass is 458 g/mol. The summed E-state index contributed by atoms with van der Waals surface area (Å²) in [5.74, 6) is 0.0724. The second-order valence-electron chi connectivity index (χ2n) is 8.26. The highest BCUT2D eigenvalue weighted by Crippen LogP contribution is 2.22. The summed E-state index contributed by atoms with van der Waals surface area (Å²) < 4.78 is 0. The molecule has 2 saturated heterocycles. The molecule has 3 rings (SSSR count). The predicted octanol–water partition coefficient (Wildman–Crippen LogP) is 2.71. The van der Waals surface area contributed by atoms with E-state index in [0.29, 0.717) is 25.7 Å². The van der Waals surface area contributed by atoms with Crippen LogP contribution in [0.3, 0.4) is 0 Å². The van der Waals surface area contributed by atoms with Crippen LogP contribution in [0.1, 0.15) is 44.7 Å². The number of rotatable bonds is 5. The molecule has 0 spiro atoms. The number of piperidine rings is 1. The van der Waals surface area contributed by atoms with E-state index in [1.807, 2.05) is 47.1 Å². The standard InChI is InChI=1S/C22H34N4O2.2ClH/c1-17-8-6-7-11-26(17)20(27)16-24-12-14-25(15-13-24)22(28)18(2)21(23)19-9-4-3-5-10-19;;/h3-5,9-10,17-18,21H,6-8,11-16,23H2,1-2H3;2*1H. The summed E-state index contributed by atoms with van der Waals surface area (Å²) in [5.41, 5.74) is 7.32. The van der Waals surface area contributed by atoms with Crippen molar-refractivity contribution in [1.29, 1.82) is 0 Å². The largest absolute Gasteiger partial charge is 0.340 e. The van der Waals surface area contributed by atoms with Crippen molar-refractivity contribution in [2.45, 2.75) is 45.2 Å². The number of nitrogens with two attached hydrogens (primary N) is 1. The van der Waals surface area contributed by atoms with Gasteiger partial charge in [-0.05, 0) is 31.7 Å². The van der Waals surface area contributed by atoms with Crippen LogP contribution in [-0.4, -0.2) is 71.8 Å². The Hall–Kier alpha value is -1.34. The first-order chi connectivity index (χ1) is 13.5. The Bertz CT molecular complexity index is 668. The molecule has 3 atom stereocenters. The zero-order valence-corrected chi connectivity index (χ0v) is 19.7. The molecule has 2 amide bonds. The number of likely N-dealkylation sites (tertiary alicyclic amines) is 1. The molecule has 2 aliphatic rings. The highest BCUT2D eigenvalue weighted by molar-refractivity contribution is 5.85. The topological polar surface area (TPSA) is 69.9 Å². The Morgan fingerprint density at radius 3 is 2.27 bits per heavy atom. The van der Waals surface area contributed by atoms with Gasteiger partial charge in [0.25, 0.3) is 0 Å². The van der Waals surface area contributed by atoms with E-state index in [1.54, 1.807) is 0 Å². The first kappa shape index (κ1) is 26.7.